The number of carbonyl (C=O) groups is 1. The molecule has 0 unspecified atom stereocenters. The molecule has 0 saturated heterocycles. The zero-order chi connectivity index (χ0) is 16.2. The summed E-state index contributed by atoms with van der Waals surface area (Å²) in [4.78, 5) is 8.81. The molecule has 0 fully saturated rings. The van der Waals surface area contributed by atoms with Crippen LogP contribution in [0, 0.1) is 0 Å². The smallest absolute Gasteiger partial charge is 0.850 e. The van der Waals surface area contributed by atoms with Crippen LogP contribution in [0.5, 0.6) is 0 Å². The minimum absolute atomic E-state index is 0. The molecule has 122 valence electrons. The first-order chi connectivity index (χ1) is 8.74. The summed E-state index contributed by atoms with van der Waals surface area (Å²) in [6, 6.07) is 0. The molecule has 0 aromatic heterocycles. The molecule has 0 aliphatic heterocycles. The molecule has 3 heteroatoms. The molecule has 0 aliphatic carbocycles. The summed E-state index contributed by atoms with van der Waals surface area (Å²) in [6.07, 6.45) is 10.4. The molecular weight excluding hydrogens is 275 g/mol. The monoisotopic (exact) mass is 316 g/mol. The number of rotatable bonds is 5. The van der Waals surface area contributed by atoms with Gasteiger partial charge in [-0.25, -0.2) is 0 Å². The van der Waals surface area contributed by atoms with E-state index in [0.29, 0.717) is 0 Å². The summed E-state index contributed by atoms with van der Waals surface area (Å²) in [6.45, 7) is 15.2. The summed E-state index contributed by atoms with van der Waals surface area (Å²) >= 11 is 0. The number of hydrogen-bond acceptors (Lipinski definition) is 2. The molecule has 0 aromatic rings. The van der Waals surface area contributed by atoms with Crippen molar-refractivity contribution in [3.63, 3.8) is 0 Å². The minimum atomic E-state index is -0.750. The first-order valence-electron chi connectivity index (χ1n) is 7.85. The van der Waals surface area contributed by atoms with Crippen molar-refractivity contribution in [2.75, 3.05) is 0 Å². The van der Waals surface area contributed by atoms with E-state index in [4.69, 9.17) is 4.79 Å². The van der Waals surface area contributed by atoms with Crippen molar-refractivity contribution in [1.82, 2.24) is 0 Å². The second kappa shape index (κ2) is 32.3. The van der Waals surface area contributed by atoms with Gasteiger partial charge in [-0.05, 0) is 6.92 Å². The van der Waals surface area contributed by atoms with Crippen LogP contribution in [0.4, 0.5) is 0 Å². The van der Waals surface area contributed by atoms with Gasteiger partial charge < -0.3 is 9.90 Å². The fourth-order valence-electron chi connectivity index (χ4n) is 0.854. The van der Waals surface area contributed by atoms with Gasteiger partial charge in [0.2, 0.25) is 0 Å². The average Bonchev–Trinajstić information content (AvgIpc) is 2.27. The van der Waals surface area contributed by atoms with Crippen LogP contribution in [-0.4, -0.2) is 11.9 Å². The quantitative estimate of drug-likeness (QED) is 0.444. The Morgan fingerprint density at radius 2 is 1.00 bits per heavy atom. The molecule has 0 amide bonds. The Morgan fingerprint density at radius 3 is 1.05 bits per heavy atom. The number of unbranched alkanes of at least 4 members (excludes halogenated alkanes) is 5. The van der Waals surface area contributed by atoms with Crippen molar-refractivity contribution >= 4 is 6.29 Å². The van der Waals surface area contributed by atoms with E-state index in [1.165, 1.54) is 51.9 Å². The standard InChI is InChI=1S/C6H14.C5H12.C4H9O.C2H4O.K.H2/c1-3-5-6-4-2;1-3-5-4-2;1-4(2,3)5;1-2-3;;/h3-6H2,1-2H3;3-5H2,1-2H3;1-3H3;2H,1H3;;1H/q;;-1;;+1;. The van der Waals surface area contributed by atoms with E-state index in [9.17, 15) is 5.11 Å². The topological polar surface area (TPSA) is 40.1 Å². The van der Waals surface area contributed by atoms with E-state index in [0.717, 1.165) is 6.29 Å². The average molecular weight is 317 g/mol. The molecule has 0 bridgehead atoms. The van der Waals surface area contributed by atoms with Gasteiger partial charge in [-0.1, -0.05) is 93.4 Å². The summed E-state index contributed by atoms with van der Waals surface area (Å²) in [5.74, 6) is 0. The van der Waals surface area contributed by atoms with Gasteiger partial charge in [-0.15, -0.1) is 5.60 Å². The second-order valence-corrected chi connectivity index (χ2v) is 5.41. The van der Waals surface area contributed by atoms with Crippen LogP contribution in [0.1, 0.15) is 102 Å². The van der Waals surface area contributed by atoms with E-state index < -0.39 is 5.60 Å². The predicted octanol–water partition coefficient (Wildman–Crippen LogP) is 2.38. The fraction of sp³-hybridized carbons (Fsp3) is 0.941. The van der Waals surface area contributed by atoms with Crippen molar-refractivity contribution in [2.45, 2.75) is 106 Å². The summed E-state index contributed by atoms with van der Waals surface area (Å²) in [5, 5.41) is 10.1. The number of carbonyl (C=O) groups excluding carboxylic acids is 1. The Bertz CT molecular complexity index is 125. The summed E-state index contributed by atoms with van der Waals surface area (Å²) in [5.41, 5.74) is -0.750. The molecule has 0 rings (SSSR count). The third-order valence-corrected chi connectivity index (χ3v) is 1.66. The van der Waals surface area contributed by atoms with Crippen molar-refractivity contribution in [3.8, 4) is 0 Å². The van der Waals surface area contributed by atoms with Gasteiger partial charge in [0.15, 0.2) is 0 Å². The van der Waals surface area contributed by atoms with Crippen LogP contribution >= 0.6 is 0 Å². The maximum Gasteiger partial charge on any atom is 1.00 e. The van der Waals surface area contributed by atoms with Crippen LogP contribution in [-0.2, 0) is 4.79 Å². The molecule has 20 heavy (non-hydrogen) atoms. The zero-order valence-electron chi connectivity index (χ0n) is 15.8. The molecule has 0 atom stereocenters. The molecule has 0 N–H and O–H groups in total. The third kappa shape index (κ3) is 164. The van der Waals surface area contributed by atoms with E-state index in [1.54, 1.807) is 20.8 Å². The molecular formula is C17H41KO2. The van der Waals surface area contributed by atoms with Gasteiger partial charge in [0.25, 0.3) is 0 Å². The summed E-state index contributed by atoms with van der Waals surface area (Å²) in [7, 11) is 0. The Labute approximate surface area is 173 Å². The second-order valence-electron chi connectivity index (χ2n) is 5.41. The van der Waals surface area contributed by atoms with E-state index in [-0.39, 0.29) is 52.8 Å². The summed E-state index contributed by atoms with van der Waals surface area (Å²) < 4.78 is 0. The van der Waals surface area contributed by atoms with Crippen LogP contribution < -0.4 is 56.5 Å². The predicted molar refractivity (Wildman–Crippen MR) is 88.6 cm³/mol. The van der Waals surface area contributed by atoms with Crippen molar-refractivity contribution in [3.05, 3.63) is 0 Å². The SMILES string of the molecule is CC(C)(C)[O-].CC=O.CCCCC.CCCCCC.[HH].[K+]. The van der Waals surface area contributed by atoms with Crippen molar-refractivity contribution in [1.29, 1.82) is 0 Å². The van der Waals surface area contributed by atoms with Gasteiger partial charge in [0.05, 0.1) is 0 Å². The molecule has 0 aromatic carbocycles. The maximum absolute atomic E-state index is 10.1. The van der Waals surface area contributed by atoms with E-state index >= 15 is 0 Å². The van der Waals surface area contributed by atoms with Crippen molar-refractivity contribution in [2.24, 2.45) is 0 Å². The largest absolute Gasteiger partial charge is 1.00 e. The molecule has 0 saturated carbocycles. The number of aldehydes is 1. The number of hydrogen-bond donors (Lipinski definition) is 0. The van der Waals surface area contributed by atoms with E-state index in [1.807, 2.05) is 0 Å². The molecule has 0 aliphatic rings. The minimum Gasteiger partial charge on any atom is -0.850 e. The van der Waals surface area contributed by atoms with Gasteiger partial charge in [0, 0.05) is 1.43 Å². The van der Waals surface area contributed by atoms with E-state index in [2.05, 4.69) is 27.7 Å². The Morgan fingerprint density at radius 1 is 0.850 bits per heavy atom. The van der Waals surface area contributed by atoms with Crippen LogP contribution in [0.25, 0.3) is 0 Å². The molecule has 0 radical (unpaired) electrons. The van der Waals surface area contributed by atoms with Crippen LogP contribution in [0.2, 0.25) is 0 Å². The Balaban J connectivity index is -0.0000000354. The zero-order valence-corrected chi connectivity index (χ0v) is 19.0. The van der Waals surface area contributed by atoms with Gasteiger partial charge >= 0.3 is 51.4 Å². The Kier molecular flexibility index (Phi) is 53.3. The van der Waals surface area contributed by atoms with Gasteiger partial charge in [-0.2, -0.15) is 0 Å². The molecule has 0 spiro atoms. The maximum atomic E-state index is 10.1. The van der Waals surface area contributed by atoms with Gasteiger partial charge in [0.1, 0.15) is 6.29 Å². The van der Waals surface area contributed by atoms with Crippen molar-refractivity contribution < 1.29 is 62.7 Å². The molecule has 0 heterocycles. The Hall–Kier alpha value is 1.27. The van der Waals surface area contributed by atoms with Crippen LogP contribution in [0.15, 0.2) is 0 Å². The normalized spacial score (nSPS) is 8.45. The molecule has 2 nitrogen and oxygen atoms in total. The van der Waals surface area contributed by atoms with Crippen LogP contribution in [0.3, 0.4) is 0 Å². The first-order valence-corrected chi connectivity index (χ1v) is 7.85. The third-order valence-electron chi connectivity index (χ3n) is 1.66. The van der Waals surface area contributed by atoms with Gasteiger partial charge in [-0.3, -0.25) is 0 Å². The fourth-order valence-corrected chi connectivity index (χ4v) is 0.854. The first kappa shape index (κ1) is 33.0.